The number of carbonyl (C=O) groups excluding carboxylic acids is 1. The first-order valence-electron chi connectivity index (χ1n) is 10.2. The smallest absolute Gasteiger partial charge is 0.222 e. The van der Waals surface area contributed by atoms with E-state index < -0.39 is 0 Å². The zero-order valence-corrected chi connectivity index (χ0v) is 17.0. The molecule has 0 atom stereocenters. The summed E-state index contributed by atoms with van der Waals surface area (Å²) in [6.07, 6.45) is 4.19. The summed E-state index contributed by atoms with van der Waals surface area (Å²) in [6.45, 7) is 6.86. The number of nitrogens with zero attached hydrogens (tertiary/aromatic N) is 4. The van der Waals surface area contributed by atoms with Gasteiger partial charge in [-0.3, -0.25) is 10.2 Å². The minimum atomic E-state index is -0.0514. The molecule has 2 aromatic rings. The molecule has 1 aromatic heterocycles. The molecule has 1 aliphatic heterocycles. The maximum absolute atomic E-state index is 11.9. The Bertz CT molecular complexity index is 917. The number of carbonyl (C=O) groups is 1. The van der Waals surface area contributed by atoms with Gasteiger partial charge < -0.3 is 14.5 Å². The minimum Gasteiger partial charge on any atom is -0.488 e. The fraction of sp³-hybridized carbons (Fsp3) is 0.455. The van der Waals surface area contributed by atoms with E-state index in [-0.39, 0.29) is 11.5 Å². The van der Waals surface area contributed by atoms with E-state index in [1.807, 2.05) is 42.2 Å². The van der Waals surface area contributed by atoms with Crippen molar-refractivity contribution in [1.82, 2.24) is 14.9 Å². The van der Waals surface area contributed by atoms with Gasteiger partial charge in [-0.25, -0.2) is 9.97 Å². The van der Waals surface area contributed by atoms with Crippen LogP contribution in [0.15, 0.2) is 36.7 Å². The quantitative estimate of drug-likeness (QED) is 0.763. The number of amides is 1. The van der Waals surface area contributed by atoms with Gasteiger partial charge in [-0.05, 0) is 31.9 Å². The van der Waals surface area contributed by atoms with Crippen molar-refractivity contribution in [3.63, 3.8) is 0 Å². The van der Waals surface area contributed by atoms with Gasteiger partial charge in [-0.1, -0.05) is 19.1 Å². The highest BCUT2D eigenvalue weighted by molar-refractivity contribution is 6.10. The Hall–Kier alpha value is -2.96. The normalized spacial score (nSPS) is 17.7. The molecule has 1 aromatic carbocycles. The third-order valence-corrected chi connectivity index (χ3v) is 5.61. The van der Waals surface area contributed by atoms with Crippen molar-refractivity contribution in [3.8, 4) is 5.75 Å². The van der Waals surface area contributed by atoms with Crippen molar-refractivity contribution in [1.29, 1.82) is 5.41 Å². The Kier molecular flexibility index (Phi) is 5.22. The van der Waals surface area contributed by atoms with Gasteiger partial charge in [0.15, 0.2) is 0 Å². The largest absolute Gasteiger partial charge is 0.488 e. The van der Waals surface area contributed by atoms with Crippen LogP contribution in [0, 0.1) is 5.41 Å². The van der Waals surface area contributed by atoms with Crippen molar-refractivity contribution < 1.29 is 9.53 Å². The third kappa shape index (κ3) is 4.39. The second-order valence-corrected chi connectivity index (χ2v) is 7.94. The molecule has 4 rings (SSSR count). The maximum Gasteiger partial charge on any atom is 0.222 e. The molecule has 2 aliphatic rings. The first-order chi connectivity index (χ1) is 14.0. The van der Waals surface area contributed by atoms with Crippen molar-refractivity contribution in [2.45, 2.75) is 38.7 Å². The van der Waals surface area contributed by atoms with Crippen molar-refractivity contribution in [2.75, 3.05) is 31.1 Å². The first kappa shape index (κ1) is 19.4. The number of ether oxygens (including phenoxy) is 1. The summed E-state index contributed by atoms with van der Waals surface area (Å²) in [5.41, 5.74) is 1.65. The van der Waals surface area contributed by atoms with Crippen LogP contribution in [0.5, 0.6) is 5.75 Å². The molecule has 1 aliphatic carbocycles. The van der Waals surface area contributed by atoms with Gasteiger partial charge in [0.25, 0.3) is 0 Å². The summed E-state index contributed by atoms with van der Waals surface area (Å²) in [4.78, 5) is 24.6. The fourth-order valence-corrected chi connectivity index (χ4v) is 3.49. The first-order valence-corrected chi connectivity index (χ1v) is 10.2. The fourth-order valence-electron chi connectivity index (χ4n) is 3.49. The van der Waals surface area contributed by atoms with Gasteiger partial charge in [0.2, 0.25) is 5.91 Å². The second-order valence-electron chi connectivity index (χ2n) is 7.94. The number of benzene rings is 1. The van der Waals surface area contributed by atoms with Crippen LogP contribution in [0.3, 0.4) is 0 Å². The summed E-state index contributed by atoms with van der Waals surface area (Å²) in [6, 6.07) is 9.51. The van der Waals surface area contributed by atoms with E-state index in [1.54, 1.807) is 0 Å². The molecule has 152 valence electrons. The SMILES string of the molecule is CCC(=O)N1CCN(c2cc(C(=N)c3cccc(OC4(C)CC4)c3)ncn2)CC1. The average Bonchev–Trinajstić information content (AvgIpc) is 3.49. The van der Waals surface area contributed by atoms with E-state index in [0.717, 1.165) is 43.1 Å². The molecule has 0 radical (unpaired) electrons. The Labute approximate surface area is 171 Å². The maximum atomic E-state index is 11.9. The monoisotopic (exact) mass is 393 g/mol. The number of hydrogen-bond acceptors (Lipinski definition) is 6. The lowest BCUT2D eigenvalue weighted by Gasteiger charge is -2.35. The van der Waals surface area contributed by atoms with Crippen molar-refractivity contribution >= 4 is 17.4 Å². The van der Waals surface area contributed by atoms with Crippen LogP contribution in [0.2, 0.25) is 0 Å². The van der Waals surface area contributed by atoms with Crippen molar-refractivity contribution in [2.24, 2.45) is 0 Å². The van der Waals surface area contributed by atoms with Gasteiger partial charge in [-0.2, -0.15) is 0 Å². The number of rotatable bonds is 6. The Morgan fingerprint density at radius 2 is 1.93 bits per heavy atom. The van der Waals surface area contributed by atoms with Crippen LogP contribution >= 0.6 is 0 Å². The van der Waals surface area contributed by atoms with Crippen molar-refractivity contribution in [3.05, 3.63) is 47.9 Å². The molecule has 0 unspecified atom stereocenters. The molecule has 1 amide bonds. The van der Waals surface area contributed by atoms with E-state index in [0.29, 0.717) is 30.9 Å². The molecular weight excluding hydrogens is 366 g/mol. The summed E-state index contributed by atoms with van der Waals surface area (Å²) in [7, 11) is 0. The molecule has 7 nitrogen and oxygen atoms in total. The number of hydrogen-bond donors (Lipinski definition) is 1. The highest BCUT2D eigenvalue weighted by Gasteiger charge is 2.40. The van der Waals surface area contributed by atoms with E-state index in [4.69, 9.17) is 10.1 Å². The van der Waals surface area contributed by atoms with Crippen LogP contribution in [-0.2, 0) is 4.79 Å². The van der Waals surface area contributed by atoms with E-state index in [9.17, 15) is 4.79 Å². The summed E-state index contributed by atoms with van der Waals surface area (Å²) >= 11 is 0. The molecule has 29 heavy (non-hydrogen) atoms. The van der Waals surface area contributed by atoms with Gasteiger partial charge in [0.1, 0.15) is 23.5 Å². The standard InChI is InChI=1S/C22H27N5O2/c1-3-20(28)27-11-9-26(10-12-27)19-14-18(24-15-25-19)21(23)16-5-4-6-17(13-16)29-22(2)7-8-22/h4-6,13-15,23H,3,7-12H2,1-2H3. The van der Waals surface area contributed by atoms with Gasteiger partial charge >= 0.3 is 0 Å². The topological polar surface area (TPSA) is 82.4 Å². The Balaban J connectivity index is 1.47. The molecule has 1 saturated heterocycles. The molecule has 1 N–H and O–H groups in total. The number of nitrogens with one attached hydrogen (secondary N) is 1. The molecule has 2 heterocycles. The summed E-state index contributed by atoms with van der Waals surface area (Å²) in [5, 5.41) is 8.62. The Morgan fingerprint density at radius 1 is 1.17 bits per heavy atom. The lowest BCUT2D eigenvalue weighted by molar-refractivity contribution is -0.131. The number of aromatic nitrogens is 2. The highest BCUT2D eigenvalue weighted by Crippen LogP contribution is 2.39. The lowest BCUT2D eigenvalue weighted by atomic mass is 10.1. The molecule has 2 fully saturated rings. The van der Waals surface area contributed by atoms with Crippen LogP contribution in [0.25, 0.3) is 0 Å². The van der Waals surface area contributed by atoms with E-state index in [2.05, 4.69) is 21.8 Å². The lowest BCUT2D eigenvalue weighted by Crippen LogP contribution is -2.48. The molecule has 1 saturated carbocycles. The van der Waals surface area contributed by atoms with Gasteiger partial charge in [0, 0.05) is 44.2 Å². The summed E-state index contributed by atoms with van der Waals surface area (Å²) in [5.74, 6) is 1.77. The zero-order chi connectivity index (χ0) is 20.4. The van der Waals surface area contributed by atoms with E-state index in [1.165, 1.54) is 6.33 Å². The molecular formula is C22H27N5O2. The molecule has 0 spiro atoms. The molecule has 0 bridgehead atoms. The Morgan fingerprint density at radius 3 is 2.62 bits per heavy atom. The van der Waals surface area contributed by atoms with Crippen LogP contribution in [0.4, 0.5) is 5.82 Å². The van der Waals surface area contributed by atoms with Gasteiger partial charge in [0.05, 0.1) is 11.4 Å². The minimum absolute atomic E-state index is 0.0514. The average molecular weight is 393 g/mol. The van der Waals surface area contributed by atoms with Gasteiger partial charge in [-0.15, -0.1) is 0 Å². The third-order valence-electron chi connectivity index (χ3n) is 5.61. The van der Waals surface area contributed by atoms with Crippen LogP contribution in [0.1, 0.15) is 44.4 Å². The predicted molar refractivity (Wildman–Crippen MR) is 112 cm³/mol. The number of piperazine rings is 1. The highest BCUT2D eigenvalue weighted by atomic mass is 16.5. The second kappa shape index (κ2) is 7.81. The molecule has 7 heteroatoms. The van der Waals surface area contributed by atoms with Crippen LogP contribution < -0.4 is 9.64 Å². The zero-order valence-electron chi connectivity index (χ0n) is 17.0. The predicted octanol–water partition coefficient (Wildman–Crippen LogP) is 2.88. The van der Waals surface area contributed by atoms with E-state index >= 15 is 0 Å². The number of anilines is 1. The van der Waals surface area contributed by atoms with Crippen LogP contribution in [-0.4, -0.2) is 58.3 Å². The summed E-state index contributed by atoms with van der Waals surface area (Å²) < 4.78 is 6.03.